The van der Waals surface area contributed by atoms with Gasteiger partial charge in [-0.15, -0.1) is 0 Å². The first-order valence-corrected chi connectivity index (χ1v) is 7.43. The van der Waals surface area contributed by atoms with Gasteiger partial charge < -0.3 is 15.6 Å². The molecule has 1 fully saturated rings. The van der Waals surface area contributed by atoms with E-state index in [1.807, 2.05) is 6.07 Å². The van der Waals surface area contributed by atoms with Gasteiger partial charge >= 0.3 is 6.18 Å². The molecule has 0 aliphatic carbocycles. The Hall–Kier alpha value is -2.53. The van der Waals surface area contributed by atoms with Crippen molar-refractivity contribution in [3.05, 3.63) is 40.2 Å². The maximum Gasteiger partial charge on any atom is 0.393 e. The van der Waals surface area contributed by atoms with Gasteiger partial charge in [0.15, 0.2) is 0 Å². The third-order valence-electron chi connectivity index (χ3n) is 4.28. The molecule has 0 amide bonds. The molecule has 0 radical (unpaired) electrons. The van der Waals surface area contributed by atoms with Gasteiger partial charge in [-0.2, -0.15) is 18.4 Å². The lowest BCUT2D eigenvalue weighted by molar-refractivity contribution is -0.177. The lowest BCUT2D eigenvalue weighted by Gasteiger charge is -2.39. The van der Waals surface area contributed by atoms with Crippen LogP contribution in [0.4, 0.5) is 18.9 Å². The number of halogens is 3. The molecule has 3 rings (SSSR count). The number of nitrogens with two attached hydrogens (primary N) is 1. The van der Waals surface area contributed by atoms with Crippen LogP contribution in [0.5, 0.6) is 0 Å². The number of nitrogens with one attached hydrogen (secondary N) is 1. The number of fused-ring (bicyclic) bond motifs is 1. The first kappa shape index (κ1) is 16.3. The molecular weight excluding hydrogens is 321 g/mol. The number of nitriles is 1. The summed E-state index contributed by atoms with van der Waals surface area (Å²) in [5.41, 5.74) is 6.57. The van der Waals surface area contributed by atoms with E-state index in [4.69, 9.17) is 11.0 Å². The van der Waals surface area contributed by atoms with E-state index in [-0.39, 0.29) is 30.6 Å². The van der Waals surface area contributed by atoms with Crippen molar-refractivity contribution < 1.29 is 13.2 Å². The molecule has 3 N–H and O–H groups in total. The Morgan fingerprint density at radius 1 is 1.25 bits per heavy atom. The van der Waals surface area contributed by atoms with E-state index < -0.39 is 18.1 Å². The summed E-state index contributed by atoms with van der Waals surface area (Å²) in [4.78, 5) is 15.7. The highest BCUT2D eigenvalue weighted by molar-refractivity contribution is 5.95. The first-order valence-electron chi connectivity index (χ1n) is 7.43. The number of hydrogen-bond donors (Lipinski definition) is 2. The van der Waals surface area contributed by atoms with Gasteiger partial charge in [-0.25, -0.2) is 0 Å². The molecule has 1 aromatic heterocycles. The van der Waals surface area contributed by atoms with E-state index >= 15 is 0 Å². The summed E-state index contributed by atoms with van der Waals surface area (Å²) in [7, 11) is 0. The number of nitrogens with zero attached hydrogens (tertiary/aromatic N) is 2. The average Bonchev–Trinajstić information content (AvgIpc) is 2.52. The Kier molecular flexibility index (Phi) is 3.97. The standard InChI is InChI=1S/C16H15F3N4O/c17-16(18,19)10-5-11(21)8-23(7-10)13-3-1-9(6-20)15-12(13)2-4-14(24)22-15/h1-4,10-11H,5,7-8,21H2,(H,22,24)/t10-,11+/m0/s1. The van der Waals surface area contributed by atoms with E-state index in [2.05, 4.69) is 4.98 Å². The molecular formula is C16H15F3N4O. The topological polar surface area (TPSA) is 85.9 Å². The smallest absolute Gasteiger partial charge is 0.369 e. The number of H-pyrrole nitrogens is 1. The molecule has 2 aromatic rings. The van der Waals surface area contributed by atoms with E-state index in [0.717, 1.165) is 0 Å². The predicted molar refractivity (Wildman–Crippen MR) is 83.6 cm³/mol. The minimum atomic E-state index is -4.31. The van der Waals surface area contributed by atoms with Crippen LogP contribution in [0.25, 0.3) is 10.9 Å². The fourth-order valence-electron chi connectivity index (χ4n) is 3.18. The van der Waals surface area contributed by atoms with Gasteiger partial charge in [0.25, 0.3) is 0 Å². The highest BCUT2D eigenvalue weighted by Gasteiger charge is 2.44. The number of benzene rings is 1. The second-order valence-corrected chi connectivity index (χ2v) is 5.99. The quantitative estimate of drug-likeness (QED) is 0.835. The van der Waals surface area contributed by atoms with E-state index in [0.29, 0.717) is 16.6 Å². The molecule has 2 heterocycles. The van der Waals surface area contributed by atoms with Crippen LogP contribution in [-0.2, 0) is 0 Å². The number of aromatic nitrogens is 1. The maximum atomic E-state index is 13.1. The number of alkyl halides is 3. The molecule has 1 saturated heterocycles. The summed E-state index contributed by atoms with van der Waals surface area (Å²) < 4.78 is 39.3. The monoisotopic (exact) mass is 336 g/mol. The Balaban J connectivity index is 2.09. The van der Waals surface area contributed by atoms with Crippen LogP contribution in [0, 0.1) is 17.2 Å². The van der Waals surface area contributed by atoms with Crippen LogP contribution < -0.4 is 16.2 Å². The Labute approximate surface area is 135 Å². The number of anilines is 1. The van der Waals surface area contributed by atoms with Crippen molar-refractivity contribution in [2.75, 3.05) is 18.0 Å². The summed E-state index contributed by atoms with van der Waals surface area (Å²) in [6.07, 6.45) is -4.42. The van der Waals surface area contributed by atoms with Crippen molar-refractivity contribution >= 4 is 16.6 Å². The van der Waals surface area contributed by atoms with Crippen LogP contribution in [0.3, 0.4) is 0 Å². The zero-order valence-electron chi connectivity index (χ0n) is 12.6. The third kappa shape index (κ3) is 2.95. The van der Waals surface area contributed by atoms with Crippen molar-refractivity contribution in [3.63, 3.8) is 0 Å². The number of aromatic amines is 1. The molecule has 24 heavy (non-hydrogen) atoms. The number of rotatable bonds is 1. The molecule has 8 heteroatoms. The third-order valence-corrected chi connectivity index (χ3v) is 4.28. The van der Waals surface area contributed by atoms with Gasteiger partial charge in [0, 0.05) is 36.3 Å². The van der Waals surface area contributed by atoms with Crippen molar-refractivity contribution in [3.8, 4) is 6.07 Å². The predicted octanol–water partition coefficient (Wildman–Crippen LogP) is 2.12. The SMILES string of the molecule is N#Cc1ccc(N2C[C@H](N)C[C@H](C(F)(F)F)C2)c2ccc(=O)[nH]c12. The van der Waals surface area contributed by atoms with Crippen LogP contribution >= 0.6 is 0 Å². The van der Waals surface area contributed by atoms with E-state index in [9.17, 15) is 18.0 Å². The summed E-state index contributed by atoms with van der Waals surface area (Å²) in [5.74, 6) is -1.50. The van der Waals surface area contributed by atoms with Crippen molar-refractivity contribution in [1.82, 2.24) is 4.98 Å². The summed E-state index contributed by atoms with van der Waals surface area (Å²) in [6.45, 7) is 0.0873. The van der Waals surface area contributed by atoms with E-state index in [1.165, 1.54) is 18.2 Å². The first-order chi connectivity index (χ1) is 11.3. The average molecular weight is 336 g/mol. The number of piperidine rings is 1. The van der Waals surface area contributed by atoms with E-state index in [1.54, 1.807) is 11.0 Å². The molecule has 2 atom stereocenters. The lowest BCUT2D eigenvalue weighted by Crippen LogP contribution is -2.51. The van der Waals surface area contributed by atoms with Crippen LogP contribution in [0.2, 0.25) is 0 Å². The largest absolute Gasteiger partial charge is 0.393 e. The second-order valence-electron chi connectivity index (χ2n) is 5.99. The highest BCUT2D eigenvalue weighted by Crippen LogP contribution is 2.36. The minimum Gasteiger partial charge on any atom is -0.369 e. The molecule has 0 spiro atoms. The molecule has 126 valence electrons. The van der Waals surface area contributed by atoms with Gasteiger partial charge in [-0.05, 0) is 24.6 Å². The second kappa shape index (κ2) is 5.83. The highest BCUT2D eigenvalue weighted by atomic mass is 19.4. The Bertz CT molecular complexity index is 868. The van der Waals surface area contributed by atoms with Crippen LogP contribution in [-0.4, -0.2) is 30.3 Å². The molecule has 1 aliphatic rings. The molecule has 5 nitrogen and oxygen atoms in total. The number of hydrogen-bond acceptors (Lipinski definition) is 4. The van der Waals surface area contributed by atoms with Crippen molar-refractivity contribution in [1.29, 1.82) is 5.26 Å². The van der Waals surface area contributed by atoms with Crippen molar-refractivity contribution in [2.24, 2.45) is 11.7 Å². The fourth-order valence-corrected chi connectivity index (χ4v) is 3.18. The summed E-state index contributed by atoms with van der Waals surface area (Å²) in [6, 6.07) is 7.29. The van der Waals surface area contributed by atoms with Gasteiger partial charge in [0.2, 0.25) is 5.56 Å². The van der Waals surface area contributed by atoms with Gasteiger partial charge in [-0.3, -0.25) is 4.79 Å². The minimum absolute atomic E-state index is 0.106. The summed E-state index contributed by atoms with van der Waals surface area (Å²) in [5, 5.41) is 9.70. The van der Waals surface area contributed by atoms with Crippen molar-refractivity contribution in [2.45, 2.75) is 18.6 Å². The van der Waals surface area contributed by atoms with Gasteiger partial charge in [-0.1, -0.05) is 0 Å². The summed E-state index contributed by atoms with van der Waals surface area (Å²) >= 11 is 0. The number of pyridine rings is 1. The van der Waals surface area contributed by atoms with Gasteiger partial charge in [0.1, 0.15) is 6.07 Å². The molecule has 1 aromatic carbocycles. The zero-order valence-corrected chi connectivity index (χ0v) is 12.6. The van der Waals surface area contributed by atoms with Crippen LogP contribution in [0.1, 0.15) is 12.0 Å². The molecule has 1 aliphatic heterocycles. The Morgan fingerprint density at radius 2 is 2.00 bits per heavy atom. The normalized spacial score (nSPS) is 21.7. The Morgan fingerprint density at radius 3 is 2.67 bits per heavy atom. The van der Waals surface area contributed by atoms with Crippen LogP contribution in [0.15, 0.2) is 29.1 Å². The molecule has 0 unspecified atom stereocenters. The van der Waals surface area contributed by atoms with Gasteiger partial charge in [0.05, 0.1) is 17.0 Å². The maximum absolute atomic E-state index is 13.1. The molecule has 0 bridgehead atoms. The molecule has 0 saturated carbocycles. The fraction of sp³-hybridized carbons (Fsp3) is 0.375. The lowest BCUT2D eigenvalue weighted by atomic mass is 9.93. The zero-order chi connectivity index (χ0) is 17.5.